The predicted molar refractivity (Wildman–Crippen MR) is 168 cm³/mol. The number of nitrogens with zero attached hydrogens (tertiary/aromatic N) is 3. The first-order valence-corrected chi connectivity index (χ1v) is 14.8. The lowest BCUT2D eigenvalue weighted by atomic mass is 9.84. The summed E-state index contributed by atoms with van der Waals surface area (Å²) in [5.41, 5.74) is 13.2. The second-order valence-electron chi connectivity index (χ2n) is 11.7. The summed E-state index contributed by atoms with van der Waals surface area (Å²) in [6.45, 7) is 16.7. The van der Waals surface area contributed by atoms with Gasteiger partial charge < -0.3 is 15.2 Å². The zero-order chi connectivity index (χ0) is 30.0. The molecule has 0 aromatic rings. The Morgan fingerprint density at radius 1 is 1.05 bits per heavy atom. The highest BCUT2D eigenvalue weighted by Crippen LogP contribution is 2.49. The van der Waals surface area contributed by atoms with Crippen molar-refractivity contribution >= 4 is 23.1 Å². The van der Waals surface area contributed by atoms with E-state index in [0.29, 0.717) is 16.9 Å². The number of hydrogen-bond donors (Lipinski definition) is 2. The van der Waals surface area contributed by atoms with Crippen LogP contribution in [0.15, 0.2) is 119 Å². The number of fused-ring (bicyclic) bond motifs is 5. The van der Waals surface area contributed by atoms with Crippen LogP contribution in [0.3, 0.4) is 0 Å². The van der Waals surface area contributed by atoms with E-state index in [1.165, 1.54) is 7.11 Å². The number of hydrogen-bond acceptors (Lipinski definition) is 7. The van der Waals surface area contributed by atoms with Crippen LogP contribution in [0, 0.1) is 17.8 Å². The Labute approximate surface area is 247 Å². The molecule has 216 valence electrons. The zero-order valence-electron chi connectivity index (χ0n) is 25.5. The lowest BCUT2D eigenvalue weighted by Crippen LogP contribution is -2.24. The van der Waals surface area contributed by atoms with Gasteiger partial charge >= 0.3 is 5.97 Å². The highest BCUT2D eigenvalue weighted by molar-refractivity contribution is 6.24. The van der Waals surface area contributed by atoms with E-state index in [4.69, 9.17) is 19.7 Å². The molecule has 6 aliphatic rings. The molecule has 0 aromatic carbocycles. The minimum Gasteiger partial charge on any atom is -0.510 e. The molecule has 0 saturated carbocycles. The minimum absolute atomic E-state index is 0.00237. The van der Waals surface area contributed by atoms with E-state index in [1.54, 1.807) is 0 Å². The molecule has 7 heteroatoms. The molecule has 8 bridgehead atoms. The zero-order valence-corrected chi connectivity index (χ0v) is 25.5. The quantitative estimate of drug-likeness (QED) is 0.351. The van der Waals surface area contributed by atoms with Gasteiger partial charge in [0.2, 0.25) is 0 Å². The maximum absolute atomic E-state index is 13.2. The Morgan fingerprint density at radius 3 is 2.43 bits per heavy atom. The van der Waals surface area contributed by atoms with E-state index in [2.05, 4.69) is 58.7 Å². The third-order valence-corrected chi connectivity index (χ3v) is 9.46. The minimum atomic E-state index is -0.933. The van der Waals surface area contributed by atoms with E-state index in [0.717, 1.165) is 87.0 Å². The van der Waals surface area contributed by atoms with Gasteiger partial charge in [-0.25, -0.2) is 15.0 Å². The average molecular weight is 563 g/mol. The number of aliphatic hydroxyl groups excluding tert-OH is 1. The molecule has 0 amide bonds. The monoisotopic (exact) mass is 562 g/mol. The van der Waals surface area contributed by atoms with Crippen LogP contribution in [-0.2, 0) is 9.53 Å². The number of esters is 1. The van der Waals surface area contributed by atoms with Crippen LogP contribution in [0.1, 0.15) is 60.8 Å². The van der Waals surface area contributed by atoms with Gasteiger partial charge in [-0.2, -0.15) is 0 Å². The molecule has 1 aliphatic carbocycles. The molecule has 2 N–H and O–H groups in total. The van der Waals surface area contributed by atoms with E-state index >= 15 is 0 Å². The Balaban J connectivity index is 1.69. The molecule has 0 aromatic heterocycles. The molecule has 0 spiro atoms. The Hall–Kier alpha value is -4.26. The van der Waals surface area contributed by atoms with Gasteiger partial charge in [-0.1, -0.05) is 39.8 Å². The van der Waals surface area contributed by atoms with Crippen molar-refractivity contribution < 1.29 is 14.6 Å². The molecule has 7 nitrogen and oxygen atoms in total. The van der Waals surface area contributed by atoms with Gasteiger partial charge in [0.05, 0.1) is 41.3 Å². The van der Waals surface area contributed by atoms with Crippen molar-refractivity contribution in [2.75, 3.05) is 7.11 Å². The number of aliphatic hydroxyl groups is 1. The second kappa shape index (κ2) is 10.2. The number of allylic oxidation sites excluding steroid dienone is 11. The summed E-state index contributed by atoms with van der Waals surface area (Å²) in [6.07, 6.45) is 10.8. The van der Waals surface area contributed by atoms with Crippen LogP contribution in [0.2, 0.25) is 0 Å². The van der Waals surface area contributed by atoms with Gasteiger partial charge in [-0.3, -0.25) is 4.79 Å². The molecule has 5 aliphatic heterocycles. The number of methoxy groups -OCH3 is 1. The number of carbonyl (C=O) groups is 1. The molecule has 0 radical (unpaired) electrons. The lowest BCUT2D eigenvalue weighted by molar-refractivity contribution is -0.143. The van der Waals surface area contributed by atoms with Crippen LogP contribution in [-0.4, -0.2) is 35.3 Å². The number of rotatable bonds is 5. The molecule has 1 fully saturated rings. The highest BCUT2D eigenvalue weighted by atomic mass is 16.5. The molecule has 6 rings (SSSR count). The van der Waals surface area contributed by atoms with Gasteiger partial charge in [-0.15, -0.1) is 0 Å². The third kappa shape index (κ3) is 3.93. The Morgan fingerprint density at radius 2 is 1.76 bits per heavy atom. The average Bonchev–Trinajstić information content (AvgIpc) is 3.70. The first-order chi connectivity index (χ1) is 20.1. The molecule has 1 saturated heterocycles. The van der Waals surface area contributed by atoms with Gasteiger partial charge in [0.15, 0.2) is 0 Å². The van der Waals surface area contributed by atoms with Crippen molar-refractivity contribution in [3.8, 4) is 0 Å². The van der Waals surface area contributed by atoms with Gasteiger partial charge in [0, 0.05) is 39.9 Å². The summed E-state index contributed by atoms with van der Waals surface area (Å²) in [4.78, 5) is 28.4. The summed E-state index contributed by atoms with van der Waals surface area (Å²) < 4.78 is 5.22. The summed E-state index contributed by atoms with van der Waals surface area (Å²) >= 11 is 0. The normalized spacial score (nSPS) is 26.4. The molecular weight excluding hydrogens is 524 g/mol. The molecule has 3 atom stereocenters. The highest BCUT2D eigenvalue weighted by Gasteiger charge is 2.48. The van der Waals surface area contributed by atoms with Crippen molar-refractivity contribution in [2.24, 2.45) is 32.7 Å². The van der Waals surface area contributed by atoms with E-state index < -0.39 is 11.9 Å². The first-order valence-electron chi connectivity index (χ1n) is 14.8. The van der Waals surface area contributed by atoms with Crippen LogP contribution in [0.4, 0.5) is 0 Å². The fraction of sp³-hybridized carbons (Fsp3) is 0.371. The van der Waals surface area contributed by atoms with Gasteiger partial charge in [0.1, 0.15) is 11.7 Å². The predicted octanol–water partition coefficient (Wildman–Crippen LogP) is 7.04. The van der Waals surface area contributed by atoms with Crippen LogP contribution < -0.4 is 5.32 Å². The Kier molecular flexibility index (Phi) is 6.79. The fourth-order valence-corrected chi connectivity index (χ4v) is 7.08. The largest absolute Gasteiger partial charge is 0.510 e. The van der Waals surface area contributed by atoms with Gasteiger partial charge in [0.25, 0.3) is 0 Å². The Bertz CT molecular complexity index is 1710. The first kappa shape index (κ1) is 27.9. The second-order valence-corrected chi connectivity index (χ2v) is 11.7. The van der Waals surface area contributed by atoms with E-state index in [-0.39, 0.29) is 17.6 Å². The van der Waals surface area contributed by atoms with Gasteiger partial charge in [-0.05, 0) is 74.1 Å². The number of aliphatic imine (C=N–C) groups is 3. The number of carbonyl (C=O) groups excluding carboxylic acids is 1. The van der Waals surface area contributed by atoms with Crippen molar-refractivity contribution in [2.45, 2.75) is 60.8 Å². The maximum Gasteiger partial charge on any atom is 0.321 e. The third-order valence-electron chi connectivity index (χ3n) is 9.46. The molecular formula is C35H38N4O3. The van der Waals surface area contributed by atoms with Crippen molar-refractivity contribution in [1.82, 2.24) is 5.32 Å². The fourth-order valence-electron chi connectivity index (χ4n) is 7.08. The summed E-state index contributed by atoms with van der Waals surface area (Å²) in [7, 11) is 1.36. The summed E-state index contributed by atoms with van der Waals surface area (Å²) in [5.74, 6) is -1.19. The van der Waals surface area contributed by atoms with E-state index in [9.17, 15) is 9.90 Å². The summed E-state index contributed by atoms with van der Waals surface area (Å²) in [6, 6.07) is 0. The number of ether oxygens (including phenoxy) is 1. The smallest absolute Gasteiger partial charge is 0.321 e. The van der Waals surface area contributed by atoms with Crippen LogP contribution in [0.5, 0.6) is 0 Å². The van der Waals surface area contributed by atoms with E-state index in [1.807, 2.05) is 19.1 Å². The van der Waals surface area contributed by atoms with Crippen LogP contribution in [0.25, 0.3) is 0 Å². The maximum atomic E-state index is 13.2. The standard InChI is InChI=1S/C35H38N4O3/c1-9-12-22-18(6)25-13-23-16(4)20(10-2)27(36-23)14-24-17(5)21(11-3)28(37-24)15-26-19(7)29-33(39-26)30(32(22)38-25)31(34(29)40)35(41)42-8/h10,13-15,18,22,31,38,40H,2,9,11-12H2,1,3-8H3. The molecule has 42 heavy (non-hydrogen) atoms. The van der Waals surface area contributed by atoms with Crippen molar-refractivity contribution in [3.05, 3.63) is 104 Å². The number of nitrogens with one attached hydrogen (secondary N) is 1. The topological polar surface area (TPSA) is 95.6 Å². The van der Waals surface area contributed by atoms with Crippen molar-refractivity contribution in [3.63, 3.8) is 0 Å². The SMILES string of the molecule is C=CC1=C(C)C2=NC1=CC1=NC(=CC3=C(C)C4=C(O)C(C(=O)OC)C(=C5NC(=C2)C(C)C5CCC)C4=N3)C(CC)=C1C. The van der Waals surface area contributed by atoms with Crippen molar-refractivity contribution in [1.29, 1.82) is 0 Å². The summed E-state index contributed by atoms with van der Waals surface area (Å²) in [5, 5.41) is 15.3. The molecule has 5 heterocycles. The lowest BCUT2D eigenvalue weighted by Gasteiger charge is -2.20. The van der Waals surface area contributed by atoms with Crippen LogP contribution >= 0.6 is 0 Å². The molecule has 3 unspecified atom stereocenters.